The number of sulfonamides is 1. The lowest BCUT2D eigenvalue weighted by Crippen LogP contribution is -2.48. The van der Waals surface area contributed by atoms with E-state index in [2.05, 4.69) is 0 Å². The minimum atomic E-state index is -3.27. The van der Waals surface area contributed by atoms with Crippen molar-refractivity contribution < 1.29 is 17.9 Å². The van der Waals surface area contributed by atoms with Crippen LogP contribution in [0.4, 0.5) is 0 Å². The van der Waals surface area contributed by atoms with E-state index in [1.54, 1.807) is 12.1 Å². The molecule has 1 spiro atoms. The lowest BCUT2D eigenvalue weighted by molar-refractivity contribution is -0.0344. The van der Waals surface area contributed by atoms with E-state index in [1.165, 1.54) is 10.6 Å². The lowest BCUT2D eigenvalue weighted by atomic mass is 9.86. The summed E-state index contributed by atoms with van der Waals surface area (Å²) >= 11 is 0. The van der Waals surface area contributed by atoms with Crippen LogP contribution in [0.1, 0.15) is 28.8 Å². The molecule has 0 saturated carbocycles. The Balaban J connectivity index is 2.04. The van der Waals surface area contributed by atoms with Crippen molar-refractivity contribution in [3.63, 3.8) is 0 Å². The molecule has 6 heteroatoms. The van der Waals surface area contributed by atoms with Crippen LogP contribution in [0.3, 0.4) is 0 Å². The number of hydrogen-bond acceptors (Lipinski definition) is 4. The number of fused-ring (bicyclic) bond motifs is 2. The summed E-state index contributed by atoms with van der Waals surface area (Å²) in [5.74, 6) is -0.356. The fraction of sp³-hybridized carbons (Fsp3) is 0.462. The van der Waals surface area contributed by atoms with Crippen LogP contribution >= 0.6 is 0 Å². The second-order valence-corrected chi connectivity index (χ2v) is 7.11. The zero-order chi connectivity index (χ0) is 13.7. The van der Waals surface area contributed by atoms with Crippen LogP contribution < -0.4 is 0 Å². The first-order chi connectivity index (χ1) is 8.92. The quantitative estimate of drug-likeness (QED) is 0.723. The van der Waals surface area contributed by atoms with Gasteiger partial charge in [0.05, 0.1) is 18.4 Å². The summed E-state index contributed by atoms with van der Waals surface area (Å²) in [6.07, 6.45) is 2.55. The van der Waals surface area contributed by atoms with E-state index in [1.807, 2.05) is 12.1 Å². The summed E-state index contributed by atoms with van der Waals surface area (Å²) in [5, 5.41) is 0. The Morgan fingerprint density at radius 3 is 2.79 bits per heavy atom. The highest BCUT2D eigenvalue weighted by atomic mass is 32.2. The number of piperidine rings is 1. The van der Waals surface area contributed by atoms with Crippen LogP contribution in [0.5, 0.6) is 0 Å². The normalized spacial score (nSPS) is 27.3. The average molecular weight is 281 g/mol. The van der Waals surface area contributed by atoms with E-state index in [0.29, 0.717) is 24.9 Å². The Hall–Kier alpha value is -1.40. The molecular weight excluding hydrogens is 266 g/mol. The summed E-state index contributed by atoms with van der Waals surface area (Å²) < 4.78 is 30.3. The van der Waals surface area contributed by atoms with Crippen molar-refractivity contribution in [3.8, 4) is 0 Å². The van der Waals surface area contributed by atoms with Gasteiger partial charge in [-0.05, 0) is 18.9 Å². The van der Waals surface area contributed by atoms with E-state index in [-0.39, 0.29) is 12.5 Å². The molecule has 0 bridgehead atoms. The maximum atomic E-state index is 11.9. The first-order valence-electron chi connectivity index (χ1n) is 6.20. The molecule has 1 saturated heterocycles. The summed E-state index contributed by atoms with van der Waals surface area (Å²) in [7, 11) is -3.27. The molecule has 5 nitrogen and oxygen atoms in total. The highest BCUT2D eigenvalue weighted by Crippen LogP contribution is 2.43. The standard InChI is InChI=1S/C13H15NO4S/c1-19(16,17)14-8-4-7-13(9-14)11-6-3-2-5-10(11)12(15)18-13/h2-3,5-6H,4,7-9H2,1H3. The van der Waals surface area contributed by atoms with Gasteiger partial charge in [0.1, 0.15) is 0 Å². The Bertz CT molecular complexity index is 640. The van der Waals surface area contributed by atoms with Crippen molar-refractivity contribution in [2.45, 2.75) is 18.4 Å². The molecule has 1 unspecified atom stereocenters. The maximum Gasteiger partial charge on any atom is 0.339 e. The van der Waals surface area contributed by atoms with Crippen LogP contribution in [0.2, 0.25) is 0 Å². The minimum Gasteiger partial charge on any atom is -0.449 e. The maximum absolute atomic E-state index is 11.9. The number of nitrogens with zero attached hydrogens (tertiary/aromatic N) is 1. The number of carbonyl (C=O) groups is 1. The Morgan fingerprint density at radius 1 is 1.32 bits per heavy atom. The topological polar surface area (TPSA) is 63.7 Å². The number of esters is 1. The van der Waals surface area contributed by atoms with E-state index < -0.39 is 15.6 Å². The van der Waals surface area contributed by atoms with E-state index in [0.717, 1.165) is 5.56 Å². The first-order valence-corrected chi connectivity index (χ1v) is 8.05. The van der Waals surface area contributed by atoms with Crippen molar-refractivity contribution >= 4 is 16.0 Å². The lowest BCUT2D eigenvalue weighted by Gasteiger charge is -2.38. The molecule has 0 N–H and O–H groups in total. The third-order valence-corrected chi connectivity index (χ3v) is 5.06. The van der Waals surface area contributed by atoms with Crippen molar-refractivity contribution in [3.05, 3.63) is 35.4 Å². The summed E-state index contributed by atoms with van der Waals surface area (Å²) in [4.78, 5) is 11.9. The van der Waals surface area contributed by atoms with E-state index in [9.17, 15) is 13.2 Å². The zero-order valence-corrected chi connectivity index (χ0v) is 11.4. The van der Waals surface area contributed by atoms with Crippen molar-refractivity contribution in [1.29, 1.82) is 0 Å². The molecule has 0 aromatic heterocycles. The number of carbonyl (C=O) groups excluding carboxylic acids is 1. The van der Waals surface area contributed by atoms with Gasteiger partial charge in [0.2, 0.25) is 10.0 Å². The van der Waals surface area contributed by atoms with Crippen LogP contribution in [0.15, 0.2) is 24.3 Å². The van der Waals surface area contributed by atoms with Gasteiger partial charge in [-0.15, -0.1) is 0 Å². The number of hydrogen-bond donors (Lipinski definition) is 0. The molecule has 1 fully saturated rings. The van der Waals surface area contributed by atoms with Crippen molar-refractivity contribution in [2.75, 3.05) is 19.3 Å². The predicted octanol–water partition coefficient (Wildman–Crippen LogP) is 1.11. The average Bonchev–Trinajstić information content (AvgIpc) is 2.63. The first kappa shape index (κ1) is 12.6. The largest absolute Gasteiger partial charge is 0.449 e. The van der Waals surface area contributed by atoms with Crippen LogP contribution in [0.25, 0.3) is 0 Å². The minimum absolute atomic E-state index is 0.217. The van der Waals surface area contributed by atoms with Gasteiger partial charge < -0.3 is 4.74 Å². The van der Waals surface area contributed by atoms with Gasteiger partial charge in [0, 0.05) is 12.1 Å². The molecule has 1 atom stereocenters. The molecule has 102 valence electrons. The molecule has 0 aliphatic carbocycles. The molecule has 0 amide bonds. The number of benzene rings is 1. The number of rotatable bonds is 1. The summed E-state index contributed by atoms with van der Waals surface area (Å²) in [5.41, 5.74) is 0.570. The van der Waals surface area contributed by atoms with Crippen molar-refractivity contribution in [1.82, 2.24) is 4.31 Å². The van der Waals surface area contributed by atoms with Gasteiger partial charge in [-0.1, -0.05) is 18.2 Å². The second-order valence-electron chi connectivity index (χ2n) is 5.13. The van der Waals surface area contributed by atoms with Gasteiger partial charge in [-0.25, -0.2) is 13.2 Å². The fourth-order valence-corrected chi connectivity index (χ4v) is 3.82. The molecular formula is C13H15NO4S. The molecule has 19 heavy (non-hydrogen) atoms. The van der Waals surface area contributed by atoms with Gasteiger partial charge in [-0.3, -0.25) is 0 Å². The highest BCUT2D eigenvalue weighted by Gasteiger charge is 2.49. The summed E-state index contributed by atoms with van der Waals surface area (Å²) in [6, 6.07) is 7.22. The van der Waals surface area contributed by atoms with Gasteiger partial charge in [0.25, 0.3) is 0 Å². The zero-order valence-electron chi connectivity index (χ0n) is 10.6. The Kier molecular flexibility index (Phi) is 2.69. The molecule has 3 rings (SSSR count). The Morgan fingerprint density at radius 2 is 2.05 bits per heavy atom. The highest BCUT2D eigenvalue weighted by molar-refractivity contribution is 7.88. The van der Waals surface area contributed by atoms with Crippen molar-refractivity contribution in [2.24, 2.45) is 0 Å². The van der Waals surface area contributed by atoms with Crippen LogP contribution in [-0.4, -0.2) is 38.0 Å². The van der Waals surface area contributed by atoms with Gasteiger partial charge in [-0.2, -0.15) is 4.31 Å². The molecule has 1 aromatic rings. The number of ether oxygens (including phenoxy) is 1. The second kappa shape index (κ2) is 4.05. The van der Waals surface area contributed by atoms with Crippen LogP contribution in [-0.2, 0) is 20.4 Å². The Labute approximate surface area is 112 Å². The van der Waals surface area contributed by atoms with E-state index >= 15 is 0 Å². The van der Waals surface area contributed by atoms with E-state index in [4.69, 9.17) is 4.74 Å². The summed E-state index contributed by atoms with van der Waals surface area (Å²) in [6.45, 7) is 0.703. The third-order valence-electron chi connectivity index (χ3n) is 3.81. The monoisotopic (exact) mass is 281 g/mol. The molecule has 0 radical (unpaired) electrons. The fourth-order valence-electron chi connectivity index (χ4n) is 2.92. The molecule has 2 heterocycles. The molecule has 2 aliphatic rings. The smallest absolute Gasteiger partial charge is 0.339 e. The third kappa shape index (κ3) is 1.95. The van der Waals surface area contributed by atoms with Gasteiger partial charge in [0.15, 0.2) is 5.60 Å². The predicted molar refractivity (Wildman–Crippen MR) is 69.2 cm³/mol. The SMILES string of the molecule is CS(=O)(=O)N1CCCC2(C1)OC(=O)c1ccccc12. The molecule has 2 aliphatic heterocycles. The van der Waals surface area contributed by atoms with Gasteiger partial charge >= 0.3 is 5.97 Å². The molecule has 1 aromatic carbocycles. The van der Waals surface area contributed by atoms with Crippen LogP contribution in [0, 0.1) is 0 Å².